The van der Waals surface area contributed by atoms with E-state index in [0.29, 0.717) is 11.8 Å². The van der Waals surface area contributed by atoms with Gasteiger partial charge in [0.1, 0.15) is 0 Å². The van der Waals surface area contributed by atoms with Crippen LogP contribution in [0.5, 0.6) is 0 Å². The minimum absolute atomic E-state index is 0.282. The van der Waals surface area contributed by atoms with Gasteiger partial charge in [-0.25, -0.2) is 0 Å². The fourth-order valence-corrected chi connectivity index (χ4v) is 3.46. The van der Waals surface area contributed by atoms with Crippen molar-refractivity contribution >= 4 is 5.97 Å². The molecule has 0 aliphatic heterocycles. The lowest BCUT2D eigenvalue weighted by atomic mass is 9.75. The quantitative estimate of drug-likeness (QED) is 0.844. The molecule has 0 unspecified atom stereocenters. The van der Waals surface area contributed by atoms with Crippen molar-refractivity contribution in [3.05, 3.63) is 35.9 Å². The highest BCUT2D eigenvalue weighted by Crippen LogP contribution is 2.38. The number of carbonyl (C=O) groups excluding carboxylic acids is 1. The molecular formula is C18H26O3. The van der Waals surface area contributed by atoms with Gasteiger partial charge in [0.05, 0.1) is 19.1 Å². The average molecular weight is 290 g/mol. The molecule has 1 aliphatic carbocycles. The Hall–Kier alpha value is -1.35. The molecule has 1 saturated carbocycles. The van der Waals surface area contributed by atoms with E-state index in [1.165, 1.54) is 25.5 Å². The van der Waals surface area contributed by atoms with Crippen LogP contribution in [0.1, 0.15) is 50.5 Å². The second kappa shape index (κ2) is 7.60. The Bertz CT molecular complexity index is 433. The van der Waals surface area contributed by atoms with Gasteiger partial charge in [0.2, 0.25) is 0 Å². The highest BCUT2D eigenvalue weighted by molar-refractivity contribution is 5.72. The normalized spacial score (nSPS) is 25.1. The van der Waals surface area contributed by atoms with Crippen LogP contribution in [0, 0.1) is 11.8 Å². The van der Waals surface area contributed by atoms with E-state index in [2.05, 4.69) is 30.3 Å². The van der Waals surface area contributed by atoms with Gasteiger partial charge in [-0.3, -0.25) is 4.79 Å². The molecule has 2 atom stereocenters. The molecule has 0 heterocycles. The fraction of sp³-hybridized carbons (Fsp3) is 0.611. The topological polar surface area (TPSA) is 46.5 Å². The van der Waals surface area contributed by atoms with Crippen molar-refractivity contribution in [1.29, 1.82) is 0 Å². The van der Waals surface area contributed by atoms with Crippen molar-refractivity contribution in [2.75, 3.05) is 7.11 Å². The molecule has 1 N–H and O–H groups in total. The molecule has 1 fully saturated rings. The zero-order chi connectivity index (χ0) is 15.2. The molecule has 1 aliphatic rings. The molecule has 116 valence electrons. The lowest BCUT2D eigenvalue weighted by Crippen LogP contribution is -2.30. The third-order valence-electron chi connectivity index (χ3n) is 4.79. The Morgan fingerprint density at radius 3 is 2.38 bits per heavy atom. The van der Waals surface area contributed by atoms with Crippen molar-refractivity contribution in [3.8, 4) is 0 Å². The van der Waals surface area contributed by atoms with Crippen molar-refractivity contribution in [2.45, 2.75) is 51.0 Å². The molecule has 3 nitrogen and oxygen atoms in total. The lowest BCUT2D eigenvalue weighted by molar-refractivity contribution is -0.150. The second-order valence-electron chi connectivity index (χ2n) is 6.23. The number of aliphatic hydroxyl groups is 1. The van der Waals surface area contributed by atoms with Crippen LogP contribution >= 0.6 is 0 Å². The van der Waals surface area contributed by atoms with Crippen molar-refractivity contribution in [1.82, 2.24) is 0 Å². The first kappa shape index (κ1) is 16.0. The predicted octanol–water partition coefficient (Wildman–Crippen LogP) is 3.52. The number of benzene rings is 1. The van der Waals surface area contributed by atoms with Gasteiger partial charge in [0.15, 0.2) is 0 Å². The molecule has 0 radical (unpaired) electrons. The number of methoxy groups -OCH3 is 1. The van der Waals surface area contributed by atoms with Crippen LogP contribution in [-0.2, 0) is 9.53 Å². The van der Waals surface area contributed by atoms with Crippen molar-refractivity contribution in [3.63, 3.8) is 0 Å². The van der Waals surface area contributed by atoms with Crippen molar-refractivity contribution in [2.24, 2.45) is 11.8 Å². The smallest absolute Gasteiger partial charge is 0.311 e. The largest absolute Gasteiger partial charge is 0.469 e. The molecule has 21 heavy (non-hydrogen) atoms. The van der Waals surface area contributed by atoms with Gasteiger partial charge >= 0.3 is 5.97 Å². The molecule has 0 saturated heterocycles. The fourth-order valence-electron chi connectivity index (χ4n) is 3.46. The number of ether oxygens (including phenoxy) is 1. The van der Waals surface area contributed by atoms with Gasteiger partial charge in [0, 0.05) is 0 Å². The molecule has 3 heteroatoms. The van der Waals surface area contributed by atoms with Crippen LogP contribution in [0.15, 0.2) is 30.3 Å². The van der Waals surface area contributed by atoms with Gasteiger partial charge < -0.3 is 9.84 Å². The van der Waals surface area contributed by atoms with Gasteiger partial charge in [-0.2, -0.15) is 0 Å². The summed E-state index contributed by atoms with van der Waals surface area (Å²) >= 11 is 0. The van der Waals surface area contributed by atoms with E-state index < -0.39 is 6.10 Å². The zero-order valence-electron chi connectivity index (χ0n) is 13.0. The Balaban J connectivity index is 1.87. The van der Waals surface area contributed by atoms with Crippen molar-refractivity contribution < 1.29 is 14.6 Å². The predicted molar refractivity (Wildman–Crippen MR) is 82.9 cm³/mol. The van der Waals surface area contributed by atoms with Crippen LogP contribution in [0.4, 0.5) is 0 Å². The summed E-state index contributed by atoms with van der Waals surface area (Å²) in [5.41, 5.74) is 1.43. The van der Waals surface area contributed by atoms with Gasteiger partial charge in [-0.1, -0.05) is 30.3 Å². The second-order valence-corrected chi connectivity index (χ2v) is 6.23. The molecule has 1 aromatic carbocycles. The zero-order valence-corrected chi connectivity index (χ0v) is 13.0. The van der Waals surface area contributed by atoms with E-state index in [9.17, 15) is 9.90 Å². The number of aliphatic hydroxyl groups excluding tert-OH is 1. The summed E-state index contributed by atoms with van der Waals surface area (Å²) in [6.45, 7) is 1.68. The minimum atomic E-state index is -0.635. The molecule has 0 spiro atoms. The number of hydrogen-bond donors (Lipinski definition) is 1. The summed E-state index contributed by atoms with van der Waals surface area (Å²) in [4.78, 5) is 11.7. The molecule has 0 aromatic heterocycles. The van der Waals surface area contributed by atoms with Crippen LogP contribution in [0.3, 0.4) is 0 Å². The maximum Gasteiger partial charge on any atom is 0.311 e. The molecule has 2 rings (SSSR count). The number of carbonyl (C=O) groups is 1. The molecule has 1 aromatic rings. The molecular weight excluding hydrogens is 264 g/mol. The van der Waals surface area contributed by atoms with E-state index in [-0.39, 0.29) is 11.9 Å². The van der Waals surface area contributed by atoms with Crippen LogP contribution in [0.25, 0.3) is 0 Å². The Labute approximate surface area is 127 Å². The van der Waals surface area contributed by atoms with E-state index >= 15 is 0 Å². The Morgan fingerprint density at radius 2 is 1.86 bits per heavy atom. The highest BCUT2D eigenvalue weighted by atomic mass is 16.5. The third-order valence-corrected chi connectivity index (χ3v) is 4.79. The summed E-state index contributed by atoms with van der Waals surface area (Å²) in [5, 5.41) is 9.77. The summed E-state index contributed by atoms with van der Waals surface area (Å²) in [7, 11) is 1.39. The maximum absolute atomic E-state index is 11.7. The van der Waals surface area contributed by atoms with Crippen LogP contribution in [0.2, 0.25) is 0 Å². The average Bonchev–Trinajstić information content (AvgIpc) is 2.53. The highest BCUT2D eigenvalue weighted by Gasteiger charge is 2.30. The standard InChI is InChI=1S/C18H26O3/c1-13(19)17(18(20)21-2)12-14-8-10-16(11-9-14)15-6-4-3-5-7-15/h3-7,13-14,16-17,19H,8-12H2,1-2H3/t13-,14?,16?,17-/m1/s1. The summed E-state index contributed by atoms with van der Waals surface area (Å²) in [5.74, 6) is 0.498. The maximum atomic E-state index is 11.7. The van der Waals surface area contributed by atoms with E-state index in [1.807, 2.05) is 0 Å². The summed E-state index contributed by atoms with van der Waals surface area (Å²) in [6, 6.07) is 10.7. The van der Waals surface area contributed by atoms with Gasteiger partial charge in [-0.05, 0) is 56.4 Å². The first-order chi connectivity index (χ1) is 10.1. The minimum Gasteiger partial charge on any atom is -0.469 e. The number of hydrogen-bond acceptors (Lipinski definition) is 3. The third kappa shape index (κ3) is 4.31. The lowest BCUT2D eigenvalue weighted by Gasteiger charge is -2.31. The van der Waals surface area contributed by atoms with E-state index in [0.717, 1.165) is 19.3 Å². The monoisotopic (exact) mass is 290 g/mol. The van der Waals surface area contributed by atoms with Crippen LogP contribution < -0.4 is 0 Å². The van der Waals surface area contributed by atoms with E-state index in [1.54, 1.807) is 6.92 Å². The van der Waals surface area contributed by atoms with Gasteiger partial charge in [-0.15, -0.1) is 0 Å². The first-order valence-corrected chi connectivity index (χ1v) is 7.92. The summed E-state index contributed by atoms with van der Waals surface area (Å²) in [6.07, 6.45) is 4.69. The van der Waals surface area contributed by atoms with Gasteiger partial charge in [0.25, 0.3) is 0 Å². The van der Waals surface area contributed by atoms with E-state index in [4.69, 9.17) is 4.74 Å². The van der Waals surface area contributed by atoms with Crippen LogP contribution in [-0.4, -0.2) is 24.3 Å². The molecule has 0 bridgehead atoms. The Kier molecular flexibility index (Phi) is 5.80. The molecule has 0 amide bonds. The Morgan fingerprint density at radius 1 is 1.24 bits per heavy atom. The number of rotatable bonds is 5. The SMILES string of the molecule is COC(=O)[C@H](CC1CCC(c2ccccc2)CC1)[C@@H](C)O. The number of esters is 1. The first-order valence-electron chi connectivity index (χ1n) is 7.92. The summed E-state index contributed by atoms with van der Waals surface area (Å²) < 4.78 is 4.81.